The van der Waals surface area contributed by atoms with E-state index in [4.69, 9.17) is 9.98 Å². The molecule has 0 aromatic carbocycles. The number of hydrogen-bond acceptors (Lipinski definition) is 6. The van der Waals surface area contributed by atoms with Crippen molar-refractivity contribution in [2.45, 2.75) is 207 Å². The normalized spacial score (nSPS) is 12.3. The number of halogens is 2. The number of carbonyl (C=O) groups is 2. The van der Waals surface area contributed by atoms with E-state index in [1.54, 1.807) is 34.8 Å². The highest BCUT2D eigenvalue weighted by molar-refractivity contribution is 9.10. The monoisotopic (exact) mass is 1250 g/mol. The fraction of sp³-hybridized carbons (Fsp3) is 0.529. The van der Waals surface area contributed by atoms with Crippen molar-refractivity contribution < 1.29 is 30.0 Å². The standard InChI is InChI=1S/C68H90Br2N2O6S2/c1-5-9-13-17-21-25-29-47(30-26-22-18-14-10-6-2)43-71-65(73)59-53-37-33-49(57-41-51(69)45-79-57)35-39-55(53)61(67(75)76)63(59)64-60(54-38-34-50(58-42-52(70)46-80-58)36-40-56(54)62(64)68(77)78)66(74)72-44-48(31-27-23-19-15-11-7-3)32-28-24-20-16-12-8-4/h33-42,45-48H,5-32,43-44H2,1-4H3,(H,71,73)(H,72,74)(H,75,76)(H,77,78). The molecule has 0 spiro atoms. The van der Waals surface area contributed by atoms with Gasteiger partial charge in [0, 0.05) is 53.7 Å². The Balaban J connectivity index is 1.57. The van der Waals surface area contributed by atoms with Crippen LogP contribution in [0.2, 0.25) is 0 Å². The van der Waals surface area contributed by atoms with E-state index in [1.807, 2.05) is 59.3 Å². The number of carboxylic acid groups (broad SMARTS) is 2. The number of aliphatic imine (C=N–C) groups is 2. The lowest BCUT2D eigenvalue weighted by Crippen LogP contribution is -2.12. The minimum Gasteiger partial charge on any atom is -0.493 e. The summed E-state index contributed by atoms with van der Waals surface area (Å²) in [4.78, 5) is 40.4. The van der Waals surface area contributed by atoms with E-state index in [1.165, 1.54) is 103 Å². The minimum absolute atomic E-state index is 0.00916. The number of fused-ring (bicyclic) bond motifs is 2. The largest absolute Gasteiger partial charge is 0.493 e. The molecule has 8 nitrogen and oxygen atoms in total. The molecular weight excluding hydrogens is 1160 g/mol. The summed E-state index contributed by atoms with van der Waals surface area (Å²) >= 11 is 10.3. The lowest BCUT2D eigenvalue weighted by Gasteiger charge is -2.16. The van der Waals surface area contributed by atoms with Crippen LogP contribution in [-0.2, 0) is 0 Å². The molecule has 0 saturated carbocycles. The molecule has 0 unspecified atom stereocenters. The van der Waals surface area contributed by atoms with E-state index in [0.717, 1.165) is 107 Å². The van der Waals surface area contributed by atoms with Crippen molar-refractivity contribution in [1.82, 2.24) is 0 Å². The second-order valence-electron chi connectivity index (χ2n) is 22.3. The first-order chi connectivity index (χ1) is 38.9. The van der Waals surface area contributed by atoms with Crippen LogP contribution >= 0.6 is 54.5 Å². The van der Waals surface area contributed by atoms with Gasteiger partial charge in [-0.3, -0.25) is 9.98 Å². The lowest BCUT2D eigenvalue weighted by atomic mass is 9.93. The van der Waals surface area contributed by atoms with Crippen LogP contribution in [0.4, 0.5) is 0 Å². The van der Waals surface area contributed by atoms with Gasteiger partial charge in [-0.2, -0.15) is 0 Å². The number of aliphatic hydroxyl groups excluding tert-OH is 2. The highest BCUT2D eigenvalue weighted by Gasteiger charge is 2.39. The Hall–Kier alpha value is -4.36. The van der Waals surface area contributed by atoms with Gasteiger partial charge >= 0.3 is 11.9 Å². The molecule has 4 N–H and O–H groups in total. The summed E-state index contributed by atoms with van der Waals surface area (Å²) in [5, 5.41) is 52.9. The van der Waals surface area contributed by atoms with Gasteiger partial charge in [0.15, 0.2) is 0 Å². The van der Waals surface area contributed by atoms with E-state index in [2.05, 4.69) is 59.6 Å². The van der Waals surface area contributed by atoms with Crippen LogP contribution in [-0.4, -0.2) is 57.2 Å². The van der Waals surface area contributed by atoms with Gasteiger partial charge in [0.2, 0.25) is 11.8 Å². The third kappa shape index (κ3) is 18.8. The second kappa shape index (κ2) is 34.9. The zero-order chi connectivity index (χ0) is 57.2. The second-order valence-corrected chi connectivity index (χ2v) is 26.0. The molecule has 434 valence electrons. The van der Waals surface area contributed by atoms with Gasteiger partial charge in [0.05, 0.1) is 22.3 Å². The molecule has 0 atom stereocenters. The Morgan fingerprint density at radius 1 is 0.412 bits per heavy atom. The van der Waals surface area contributed by atoms with Gasteiger partial charge in [-0.05, 0) is 115 Å². The van der Waals surface area contributed by atoms with Crippen LogP contribution in [0.1, 0.15) is 239 Å². The highest BCUT2D eigenvalue weighted by Crippen LogP contribution is 2.51. The maximum atomic E-state index is 14.2. The molecule has 0 saturated heterocycles. The van der Waals surface area contributed by atoms with E-state index in [9.17, 15) is 30.0 Å². The van der Waals surface area contributed by atoms with E-state index >= 15 is 0 Å². The molecule has 0 bridgehead atoms. The number of carboxylic acids is 2. The van der Waals surface area contributed by atoms with Crippen LogP contribution < -0.4 is 0 Å². The van der Waals surface area contributed by atoms with Gasteiger partial charge in [0.25, 0.3) is 0 Å². The van der Waals surface area contributed by atoms with Crippen molar-refractivity contribution in [3.8, 4) is 54.3 Å². The number of aliphatic hydroxyl groups is 2. The van der Waals surface area contributed by atoms with Crippen molar-refractivity contribution in [1.29, 1.82) is 0 Å². The van der Waals surface area contributed by atoms with Crippen LogP contribution in [0.3, 0.4) is 0 Å². The topological polar surface area (TPSA) is 140 Å². The predicted molar refractivity (Wildman–Crippen MR) is 348 cm³/mol. The molecule has 0 aliphatic heterocycles. The molecule has 4 aliphatic rings. The Labute approximate surface area is 504 Å². The van der Waals surface area contributed by atoms with Crippen molar-refractivity contribution in [3.05, 3.63) is 103 Å². The summed E-state index contributed by atoms with van der Waals surface area (Å²) in [5.74, 6) is -2.90. The lowest BCUT2D eigenvalue weighted by molar-refractivity contribution is 0.0685. The number of rotatable bonds is 39. The maximum absolute atomic E-state index is 14.2. The SMILES string of the molecule is CCCCCCCCC(CCCCCCCC)CN=C(O)c1c2ccc(-c3cc(Br)cs3)ccc-2c(C(=O)O)c1-c1c(C(=O)O)c2ccc(-c3cc(Br)cs3)ccc-2c1C(O)=NCC(CCCCCCCC)CCCCCCCC. The zero-order valence-electron chi connectivity index (χ0n) is 48.4. The van der Waals surface area contributed by atoms with Crippen molar-refractivity contribution in [2.75, 3.05) is 13.1 Å². The smallest absolute Gasteiger partial charge is 0.336 e. The Kier molecular flexibility index (Phi) is 28.3. The molecule has 2 aromatic heterocycles. The van der Waals surface area contributed by atoms with Crippen molar-refractivity contribution >= 4 is 78.3 Å². The first-order valence-electron chi connectivity index (χ1n) is 30.5. The molecule has 0 amide bonds. The van der Waals surface area contributed by atoms with Crippen LogP contribution in [0.25, 0.3) is 54.3 Å². The molecule has 2 aromatic rings. The molecule has 6 rings (SSSR count). The summed E-state index contributed by atoms with van der Waals surface area (Å²) in [6, 6.07) is 18.8. The molecule has 12 heteroatoms. The summed E-state index contributed by atoms with van der Waals surface area (Å²) in [6.07, 6.45) is 32.1. The Morgan fingerprint density at radius 3 is 0.950 bits per heavy atom. The minimum atomic E-state index is -1.29. The van der Waals surface area contributed by atoms with Gasteiger partial charge in [-0.15, -0.1) is 22.7 Å². The highest BCUT2D eigenvalue weighted by atomic mass is 79.9. The van der Waals surface area contributed by atoms with E-state index in [-0.39, 0.29) is 57.0 Å². The van der Waals surface area contributed by atoms with Gasteiger partial charge < -0.3 is 20.4 Å². The van der Waals surface area contributed by atoms with Crippen LogP contribution in [0, 0.1) is 11.8 Å². The molecule has 0 radical (unpaired) electrons. The fourth-order valence-electron chi connectivity index (χ4n) is 11.6. The summed E-state index contributed by atoms with van der Waals surface area (Å²) in [5.41, 5.74) is 3.11. The molecule has 0 fully saturated rings. The van der Waals surface area contributed by atoms with Crippen LogP contribution in [0.5, 0.6) is 0 Å². The number of unbranched alkanes of at least 4 members (excludes halogenated alkanes) is 20. The van der Waals surface area contributed by atoms with Gasteiger partial charge in [-0.25, -0.2) is 9.59 Å². The number of nitrogens with zero attached hydrogens (tertiary/aromatic N) is 2. The Morgan fingerprint density at radius 2 is 0.688 bits per heavy atom. The molecule has 2 heterocycles. The van der Waals surface area contributed by atoms with E-state index in [0.29, 0.717) is 35.3 Å². The van der Waals surface area contributed by atoms with E-state index < -0.39 is 11.9 Å². The average molecular weight is 1260 g/mol. The maximum Gasteiger partial charge on any atom is 0.336 e. The third-order valence-corrected chi connectivity index (χ3v) is 19.5. The first-order valence-corrected chi connectivity index (χ1v) is 33.9. The molecular formula is C68H90Br2N2O6S2. The quantitative estimate of drug-likeness (QED) is 0.0172. The van der Waals surface area contributed by atoms with Gasteiger partial charge in [0.1, 0.15) is 0 Å². The molecule has 80 heavy (non-hydrogen) atoms. The number of thiophene rings is 2. The first kappa shape index (κ1) is 64.8. The molecule has 4 aliphatic carbocycles. The predicted octanol–water partition coefficient (Wildman–Crippen LogP) is 22.8. The third-order valence-electron chi connectivity index (χ3n) is 16.1. The Bertz CT molecular complexity index is 2630. The number of aromatic carboxylic acids is 2. The summed E-state index contributed by atoms with van der Waals surface area (Å²) in [6.45, 7) is 9.60. The fourth-order valence-corrected chi connectivity index (χ4v) is 14.5. The zero-order valence-corrected chi connectivity index (χ0v) is 53.2. The van der Waals surface area contributed by atoms with Gasteiger partial charge in [-0.1, -0.05) is 230 Å². The average Bonchev–Trinajstić information content (AvgIpc) is 4.34. The van der Waals surface area contributed by atoms with Crippen molar-refractivity contribution in [2.24, 2.45) is 21.8 Å². The summed E-state index contributed by atoms with van der Waals surface area (Å²) in [7, 11) is 0. The van der Waals surface area contributed by atoms with Crippen LogP contribution in [0.15, 0.2) is 90.4 Å². The summed E-state index contributed by atoms with van der Waals surface area (Å²) < 4.78 is 1.86. The van der Waals surface area contributed by atoms with Crippen molar-refractivity contribution in [3.63, 3.8) is 0 Å². The number of hydrogen-bond donors (Lipinski definition) is 4.